The number of para-hydroxylation sites is 1. The van der Waals surface area contributed by atoms with Crippen LogP contribution in [0.15, 0.2) is 108 Å². The third kappa shape index (κ3) is 6.20. The number of fused-ring (bicyclic) bond motifs is 1. The number of rotatable bonds is 7. The Morgan fingerprint density at radius 1 is 0.778 bits per heavy atom. The standard InChI is InChI=1S/C35H27Cl2N5O3/c36-28-15-14-25(22-29(28)37)35(43)42-18-16-41(17-19-42)33-31-32(24-10-7-13-27(21-24)44-26-11-5-2-6-12-26)40-45-34(31)39-30(38-33)20-23-8-3-1-4-9-23/h1-15,21-22H,16-20H2. The van der Waals surface area contributed by atoms with Crippen LogP contribution in [-0.2, 0) is 6.42 Å². The maximum Gasteiger partial charge on any atom is 0.263 e. The molecular formula is C35H27Cl2N5O3. The molecule has 6 aromatic rings. The summed E-state index contributed by atoms with van der Waals surface area (Å²) in [4.78, 5) is 27.1. The maximum absolute atomic E-state index is 13.3. The van der Waals surface area contributed by atoms with Crippen molar-refractivity contribution in [3.05, 3.63) is 130 Å². The Morgan fingerprint density at radius 3 is 2.27 bits per heavy atom. The van der Waals surface area contributed by atoms with Crippen LogP contribution in [0.4, 0.5) is 5.82 Å². The predicted octanol–water partition coefficient (Wildman–Crippen LogP) is 7.94. The lowest BCUT2D eigenvalue weighted by atomic mass is 10.1. The highest BCUT2D eigenvalue weighted by Crippen LogP contribution is 2.36. The van der Waals surface area contributed by atoms with Gasteiger partial charge in [0, 0.05) is 43.7 Å². The van der Waals surface area contributed by atoms with Crippen molar-refractivity contribution < 1.29 is 14.1 Å². The van der Waals surface area contributed by atoms with Crippen LogP contribution < -0.4 is 9.64 Å². The quantitative estimate of drug-likeness (QED) is 0.176. The summed E-state index contributed by atoms with van der Waals surface area (Å²) < 4.78 is 11.9. The van der Waals surface area contributed by atoms with Gasteiger partial charge in [-0.2, -0.15) is 4.98 Å². The van der Waals surface area contributed by atoms with Crippen molar-refractivity contribution in [3.8, 4) is 22.8 Å². The molecule has 1 amide bonds. The number of carbonyl (C=O) groups is 1. The fourth-order valence-electron chi connectivity index (χ4n) is 5.43. The van der Waals surface area contributed by atoms with Crippen LogP contribution in [0.1, 0.15) is 21.7 Å². The SMILES string of the molecule is O=C(c1ccc(Cl)c(Cl)c1)N1CCN(c2nc(Cc3ccccc3)nc3onc(-c4cccc(Oc5ccccc5)c4)c23)CC1. The van der Waals surface area contributed by atoms with Gasteiger partial charge >= 0.3 is 0 Å². The fraction of sp³-hybridized carbons (Fsp3) is 0.143. The van der Waals surface area contributed by atoms with E-state index in [2.05, 4.69) is 10.1 Å². The molecule has 0 radical (unpaired) electrons. The molecule has 10 heteroatoms. The molecule has 0 spiro atoms. The number of anilines is 1. The number of benzene rings is 4. The van der Waals surface area contributed by atoms with Gasteiger partial charge in [-0.15, -0.1) is 0 Å². The summed E-state index contributed by atoms with van der Waals surface area (Å²) in [7, 11) is 0. The molecule has 1 aliphatic rings. The molecule has 0 aliphatic carbocycles. The zero-order chi connectivity index (χ0) is 30.8. The van der Waals surface area contributed by atoms with Crippen molar-refractivity contribution in [2.24, 2.45) is 0 Å². The molecule has 1 saturated heterocycles. The minimum atomic E-state index is -0.0910. The van der Waals surface area contributed by atoms with E-state index in [4.69, 9.17) is 42.4 Å². The lowest BCUT2D eigenvalue weighted by molar-refractivity contribution is 0.0746. The van der Waals surface area contributed by atoms with Crippen LogP contribution in [0.25, 0.3) is 22.4 Å². The summed E-state index contributed by atoms with van der Waals surface area (Å²) in [6, 6.07) is 32.4. The molecule has 224 valence electrons. The molecule has 1 fully saturated rings. The third-order valence-corrected chi connectivity index (χ3v) is 8.43. The van der Waals surface area contributed by atoms with E-state index in [0.29, 0.717) is 76.6 Å². The molecule has 2 aromatic heterocycles. The number of carbonyl (C=O) groups excluding carboxylic acids is 1. The van der Waals surface area contributed by atoms with Gasteiger partial charge in [-0.3, -0.25) is 4.79 Å². The summed E-state index contributed by atoms with van der Waals surface area (Å²) in [5.41, 5.74) is 3.44. The number of hydrogen-bond donors (Lipinski definition) is 0. The van der Waals surface area contributed by atoms with Gasteiger partial charge in [0.05, 0.1) is 10.0 Å². The van der Waals surface area contributed by atoms with E-state index in [9.17, 15) is 4.79 Å². The van der Waals surface area contributed by atoms with Gasteiger partial charge < -0.3 is 19.1 Å². The Labute approximate surface area is 269 Å². The van der Waals surface area contributed by atoms with E-state index in [1.54, 1.807) is 18.2 Å². The lowest BCUT2D eigenvalue weighted by Crippen LogP contribution is -2.49. The van der Waals surface area contributed by atoms with Crippen LogP contribution in [0.3, 0.4) is 0 Å². The second kappa shape index (κ2) is 12.6. The Morgan fingerprint density at radius 2 is 1.51 bits per heavy atom. The van der Waals surface area contributed by atoms with Crippen molar-refractivity contribution in [2.45, 2.75) is 6.42 Å². The van der Waals surface area contributed by atoms with E-state index in [1.807, 2.05) is 89.8 Å². The van der Waals surface area contributed by atoms with E-state index in [1.165, 1.54) is 0 Å². The molecule has 0 N–H and O–H groups in total. The van der Waals surface area contributed by atoms with E-state index in [0.717, 1.165) is 22.7 Å². The molecule has 1 aliphatic heterocycles. The molecular weight excluding hydrogens is 609 g/mol. The van der Waals surface area contributed by atoms with Gasteiger partial charge in [-0.1, -0.05) is 89.0 Å². The van der Waals surface area contributed by atoms with Crippen LogP contribution in [0, 0.1) is 0 Å². The number of piperazine rings is 1. The summed E-state index contributed by atoms with van der Waals surface area (Å²) in [5.74, 6) is 2.67. The minimum absolute atomic E-state index is 0.0910. The average Bonchev–Trinajstić information content (AvgIpc) is 3.51. The van der Waals surface area contributed by atoms with Crippen molar-refractivity contribution in [3.63, 3.8) is 0 Å². The minimum Gasteiger partial charge on any atom is -0.457 e. The van der Waals surface area contributed by atoms with Crippen molar-refractivity contribution in [1.29, 1.82) is 0 Å². The summed E-state index contributed by atoms with van der Waals surface area (Å²) in [6.45, 7) is 2.12. The number of hydrogen-bond acceptors (Lipinski definition) is 7. The Hall–Kier alpha value is -4.92. The second-order valence-corrected chi connectivity index (χ2v) is 11.5. The number of aromatic nitrogens is 3. The third-order valence-electron chi connectivity index (χ3n) is 7.69. The van der Waals surface area contributed by atoms with Crippen molar-refractivity contribution in [2.75, 3.05) is 31.1 Å². The van der Waals surface area contributed by atoms with Gasteiger partial charge in [-0.05, 0) is 48.0 Å². The maximum atomic E-state index is 13.3. The van der Waals surface area contributed by atoms with Gasteiger partial charge in [0.15, 0.2) is 0 Å². The Balaban J connectivity index is 1.22. The molecule has 0 bridgehead atoms. The summed E-state index contributed by atoms with van der Waals surface area (Å²) in [6.07, 6.45) is 0.538. The smallest absolute Gasteiger partial charge is 0.263 e. The van der Waals surface area contributed by atoms with Crippen LogP contribution in [0.2, 0.25) is 10.0 Å². The van der Waals surface area contributed by atoms with Gasteiger partial charge in [0.1, 0.15) is 34.2 Å². The number of amides is 1. The summed E-state index contributed by atoms with van der Waals surface area (Å²) >= 11 is 12.3. The Kier molecular flexibility index (Phi) is 8.07. The van der Waals surface area contributed by atoms with Crippen LogP contribution in [-0.4, -0.2) is 52.1 Å². The zero-order valence-corrected chi connectivity index (χ0v) is 25.6. The average molecular weight is 637 g/mol. The first kappa shape index (κ1) is 28.8. The number of halogens is 2. The van der Waals surface area contributed by atoms with E-state index < -0.39 is 0 Å². The van der Waals surface area contributed by atoms with Gasteiger partial charge in [-0.25, -0.2) is 4.98 Å². The Bertz CT molecular complexity index is 1980. The first-order chi connectivity index (χ1) is 22.0. The number of ether oxygens (including phenoxy) is 1. The van der Waals surface area contributed by atoms with E-state index >= 15 is 0 Å². The normalized spacial score (nSPS) is 13.3. The summed E-state index contributed by atoms with van der Waals surface area (Å²) in [5, 5.41) is 5.95. The van der Waals surface area contributed by atoms with E-state index in [-0.39, 0.29) is 5.91 Å². The van der Waals surface area contributed by atoms with Crippen molar-refractivity contribution >= 4 is 46.0 Å². The zero-order valence-electron chi connectivity index (χ0n) is 24.1. The van der Waals surface area contributed by atoms with Gasteiger partial charge in [0.2, 0.25) is 0 Å². The fourth-order valence-corrected chi connectivity index (χ4v) is 5.73. The molecule has 0 atom stereocenters. The van der Waals surface area contributed by atoms with Gasteiger partial charge in [0.25, 0.3) is 11.6 Å². The first-order valence-electron chi connectivity index (χ1n) is 14.5. The highest BCUT2D eigenvalue weighted by Gasteiger charge is 2.28. The highest BCUT2D eigenvalue weighted by atomic mass is 35.5. The molecule has 3 heterocycles. The number of nitrogens with zero attached hydrogens (tertiary/aromatic N) is 5. The molecule has 8 nitrogen and oxygen atoms in total. The topological polar surface area (TPSA) is 84.6 Å². The lowest BCUT2D eigenvalue weighted by Gasteiger charge is -2.35. The molecule has 0 unspecified atom stereocenters. The van der Waals surface area contributed by atoms with Crippen molar-refractivity contribution in [1.82, 2.24) is 20.0 Å². The largest absolute Gasteiger partial charge is 0.457 e. The molecule has 0 saturated carbocycles. The molecule has 4 aromatic carbocycles. The molecule has 7 rings (SSSR count). The second-order valence-electron chi connectivity index (χ2n) is 10.7. The predicted molar refractivity (Wildman–Crippen MR) is 175 cm³/mol. The van der Waals surface area contributed by atoms with Crippen LogP contribution >= 0.6 is 23.2 Å². The monoisotopic (exact) mass is 635 g/mol. The highest BCUT2D eigenvalue weighted by molar-refractivity contribution is 6.42. The first-order valence-corrected chi connectivity index (χ1v) is 15.3. The molecule has 45 heavy (non-hydrogen) atoms. The van der Waals surface area contributed by atoms with Crippen LogP contribution in [0.5, 0.6) is 11.5 Å².